The van der Waals surface area contributed by atoms with Crippen molar-refractivity contribution in [2.24, 2.45) is 5.73 Å². The van der Waals surface area contributed by atoms with Crippen molar-refractivity contribution in [3.8, 4) is 0 Å². The maximum Gasteiger partial charge on any atom is 1.00 e. The molecule has 13 aromatic carbocycles. The Labute approximate surface area is 764 Å². The van der Waals surface area contributed by atoms with Gasteiger partial charge in [-0.05, 0) is 130 Å². The van der Waals surface area contributed by atoms with Gasteiger partial charge in [-0.3, -0.25) is 28.8 Å². The van der Waals surface area contributed by atoms with Crippen molar-refractivity contribution >= 4 is 64.5 Å². The minimum absolute atomic E-state index is 0. The summed E-state index contributed by atoms with van der Waals surface area (Å²) in [6.07, 6.45) is 0. The number of nitrogens with two attached hydrogens (primary N) is 1. The van der Waals surface area contributed by atoms with Gasteiger partial charge in [0.1, 0.15) is 22.4 Å². The maximum atomic E-state index is 12.1. The molecule has 7 N–H and O–H groups in total. The normalized spacial score (nSPS) is 16.2. The Hall–Kier alpha value is -9.59. The fraction of sp³-hybridized carbons (Fsp3) is 0.204. The molecular formula is C103H113Li2NNaO13P. The predicted octanol–water partition coefficient (Wildman–Crippen LogP) is 12.7. The largest absolute Gasteiger partial charge is 1.00 e. The zero-order valence-electron chi connectivity index (χ0n) is 75.2. The van der Waals surface area contributed by atoms with E-state index in [-0.39, 0.29) is 118 Å². The molecule has 0 fully saturated rings. The molecule has 0 spiro atoms. The summed E-state index contributed by atoms with van der Waals surface area (Å²) in [5, 5.41) is 48.7. The Morgan fingerprint density at radius 3 is 0.438 bits per heavy atom. The molecule has 0 bridgehead atoms. The van der Waals surface area contributed by atoms with Crippen LogP contribution in [0.25, 0.3) is 21.5 Å². The van der Waals surface area contributed by atoms with E-state index in [0.29, 0.717) is 66.8 Å². The first-order valence-electron chi connectivity index (χ1n) is 39.2. The van der Waals surface area contributed by atoms with Crippen LogP contribution >= 0.6 is 8.25 Å². The van der Waals surface area contributed by atoms with E-state index < -0.39 is 30.7 Å². The summed E-state index contributed by atoms with van der Waals surface area (Å²) < 4.78 is 8.59. The monoisotopic (exact) mass is 1640 g/mol. The summed E-state index contributed by atoms with van der Waals surface area (Å²) in [6.45, 7) is 31.5. The molecule has 0 aromatic heterocycles. The summed E-state index contributed by atoms with van der Waals surface area (Å²) >= 11 is 0. The van der Waals surface area contributed by atoms with E-state index in [9.17, 15) is 49.2 Å². The van der Waals surface area contributed by atoms with Gasteiger partial charge < -0.3 is 47.3 Å². The van der Waals surface area contributed by atoms with Crippen molar-refractivity contribution in [3.05, 3.63) is 428 Å². The molecule has 18 rings (SSSR count). The number of carbonyl (C=O) groups is 6. The first-order valence-corrected chi connectivity index (χ1v) is 40.3. The number of benzene rings is 13. The Morgan fingerprint density at radius 2 is 0.339 bits per heavy atom. The standard InChI is InChI=1S/2C16H16O2.C16H14.3C14H8O2.5C2H6.CH5N.2CH3.2Li.Na.HO3P.H/c2*1-15(17)11-7-3-5-9-13(11)16(2,18)14-10-6-4-8-12(14)15;1-11-13-7-3-5-9-15(13)12(2)16-10-6-4-8-14(11)16;3*15-13-9-5-1-2-6-10(9)14(16)12-8-4-3-7-11(12)13;6*1-2;;;;;;1-4(2)3;/h2*3-10,17-18H,1-2H3;3-10H,1-2H3;3*1-8H;5*1-2H3;2H2,1H3;2*1H3;;;;(H,1,2,3);/q;;;;;;;;;;;;2*-1;3*+1;;-1. The number of rotatable bonds is 0. The van der Waals surface area contributed by atoms with Gasteiger partial charge in [0, 0.05) is 66.8 Å². The molecule has 18 heteroatoms. The smallest absolute Gasteiger partial charge is 1.00 e. The number of hydrogen-bond donors (Lipinski definition) is 6. The summed E-state index contributed by atoms with van der Waals surface area (Å²) in [5.74, 6) is -0.384. The van der Waals surface area contributed by atoms with Gasteiger partial charge >= 0.3 is 75.5 Å². The molecule has 0 saturated carbocycles. The van der Waals surface area contributed by atoms with Crippen LogP contribution in [-0.2, 0) is 27.0 Å². The average Bonchev–Trinajstić information content (AvgIpc) is 0.721. The van der Waals surface area contributed by atoms with Crippen molar-refractivity contribution in [3.63, 3.8) is 0 Å². The van der Waals surface area contributed by atoms with E-state index in [0.717, 1.165) is 44.5 Å². The summed E-state index contributed by atoms with van der Waals surface area (Å²) in [6, 6.07) is 89.1. The van der Waals surface area contributed by atoms with Crippen LogP contribution in [0.4, 0.5) is 0 Å². The van der Waals surface area contributed by atoms with Gasteiger partial charge in [-0.2, -0.15) is 4.89 Å². The Bertz CT molecular complexity index is 4640. The summed E-state index contributed by atoms with van der Waals surface area (Å²) in [4.78, 5) is 88.2. The van der Waals surface area contributed by atoms with Crippen LogP contribution in [0.3, 0.4) is 0 Å². The van der Waals surface area contributed by atoms with Crippen molar-refractivity contribution in [2.75, 3.05) is 7.05 Å². The summed E-state index contributed by atoms with van der Waals surface area (Å²) in [5.41, 5.74) is 15.3. The average molecular weight is 1640 g/mol. The molecule has 1 atom stereocenters. The van der Waals surface area contributed by atoms with E-state index >= 15 is 0 Å². The topological polar surface area (TPSA) is 270 Å². The summed E-state index contributed by atoms with van der Waals surface area (Å²) in [7, 11) is -1.62. The Kier molecular flexibility index (Phi) is 45.9. The molecule has 13 aromatic rings. The predicted molar refractivity (Wildman–Crippen MR) is 481 cm³/mol. The van der Waals surface area contributed by atoms with Crippen molar-refractivity contribution in [1.29, 1.82) is 0 Å². The van der Waals surface area contributed by atoms with Gasteiger partial charge in [0.25, 0.3) is 0 Å². The van der Waals surface area contributed by atoms with E-state index in [1.54, 1.807) is 173 Å². The molecule has 0 heterocycles. The molecular weight excluding hydrogens is 1530 g/mol. The third-order valence-corrected chi connectivity index (χ3v) is 19.9. The molecule has 5 aliphatic carbocycles. The van der Waals surface area contributed by atoms with E-state index in [1.165, 1.54) is 39.7 Å². The molecule has 0 amide bonds. The minimum atomic E-state index is -3.12. The zero-order valence-corrected chi connectivity index (χ0v) is 77.1. The van der Waals surface area contributed by atoms with Crippen LogP contribution in [0.1, 0.15) is 250 Å². The number of ketones is 6. The van der Waals surface area contributed by atoms with E-state index in [2.05, 4.69) is 68.1 Å². The van der Waals surface area contributed by atoms with Crippen molar-refractivity contribution < 1.29 is 132 Å². The SMILES string of the molecule is CC.CC.CC.CC.CC.CC1(O)c2ccccc2C(C)(O)c2ccccc21.CC1(O)c2ccccc2C(C)(O)c2ccccc21.CN.Cc1c2ccccc2c(C)c2ccccc12.O=C1c2ccccc2C(=O)c2ccccc21.O=C1c2ccccc2C(=O)c2ccccc21.O=C1c2ccccc2C(=O)c2ccccc21.O=[P+]([O-])O.[CH3-].[CH3-].[H-].[Li+].[Li+].[Na+]. The first kappa shape index (κ1) is 109. The second kappa shape index (κ2) is 50.7. The zero-order chi connectivity index (χ0) is 86.0. The quantitative estimate of drug-likeness (QED) is 0.0357. The maximum absolute atomic E-state index is 12.1. The molecule has 121 heavy (non-hydrogen) atoms. The fourth-order valence-electron chi connectivity index (χ4n) is 14.6. The number of hydrogen-bond acceptors (Lipinski definition) is 13. The van der Waals surface area contributed by atoms with Crippen LogP contribution in [0, 0.1) is 28.7 Å². The first-order chi connectivity index (χ1) is 55.8. The van der Waals surface area contributed by atoms with Crippen LogP contribution < -0.4 is 77.9 Å². The fourth-order valence-corrected chi connectivity index (χ4v) is 14.6. The van der Waals surface area contributed by atoms with Crippen molar-refractivity contribution in [2.45, 2.75) is 133 Å². The van der Waals surface area contributed by atoms with Crippen LogP contribution in [-0.4, -0.2) is 67.1 Å². The van der Waals surface area contributed by atoms with E-state index in [4.69, 9.17) is 14.4 Å². The second-order valence-corrected chi connectivity index (χ2v) is 26.8. The van der Waals surface area contributed by atoms with Crippen LogP contribution in [0.15, 0.2) is 291 Å². The number of fused-ring (bicyclic) bond motifs is 12. The van der Waals surface area contributed by atoms with Crippen molar-refractivity contribution in [1.82, 2.24) is 0 Å². The number of aliphatic hydroxyl groups is 4. The second-order valence-electron chi connectivity index (χ2n) is 26.3. The van der Waals surface area contributed by atoms with Gasteiger partial charge in [-0.15, -0.1) is 0 Å². The van der Waals surface area contributed by atoms with Gasteiger partial charge in [0.15, 0.2) is 34.7 Å². The number of carbonyl (C=O) groups excluding carboxylic acids is 6. The Morgan fingerprint density at radius 1 is 0.256 bits per heavy atom. The molecule has 0 radical (unpaired) electrons. The molecule has 5 aliphatic rings. The molecule has 0 saturated heterocycles. The van der Waals surface area contributed by atoms with Gasteiger partial charge in [0.05, 0.1) is 0 Å². The van der Waals surface area contributed by atoms with E-state index in [1.807, 2.05) is 166 Å². The molecule has 0 aliphatic heterocycles. The van der Waals surface area contributed by atoms with Gasteiger partial charge in [0.2, 0.25) is 0 Å². The molecule has 616 valence electrons. The van der Waals surface area contributed by atoms with Gasteiger partial charge in [-0.25, -0.2) is 0 Å². The van der Waals surface area contributed by atoms with Gasteiger partial charge in [-0.1, -0.05) is 360 Å². The third kappa shape index (κ3) is 23.6. The Balaban J connectivity index is 0.00000138. The molecule has 14 nitrogen and oxygen atoms in total. The minimum Gasteiger partial charge on any atom is -1.00 e. The third-order valence-electron chi connectivity index (χ3n) is 19.9. The van der Waals surface area contributed by atoms with Crippen LogP contribution in [0.5, 0.6) is 0 Å². The number of aryl methyl sites for hydroxylation is 2. The van der Waals surface area contributed by atoms with Crippen LogP contribution in [0.2, 0.25) is 0 Å². The molecule has 1 unspecified atom stereocenters.